The highest BCUT2D eigenvalue weighted by Crippen LogP contribution is 2.31. The second-order valence-electron chi connectivity index (χ2n) is 4.01. The van der Waals surface area contributed by atoms with E-state index in [2.05, 4.69) is 13.2 Å². The number of fused-ring (bicyclic) bond motifs is 1. The van der Waals surface area contributed by atoms with E-state index in [0.29, 0.717) is 12.2 Å². The summed E-state index contributed by atoms with van der Waals surface area (Å²) in [6, 6.07) is 11.2. The highest BCUT2D eigenvalue weighted by Gasteiger charge is 2.14. The summed E-state index contributed by atoms with van der Waals surface area (Å²) >= 11 is 0. The Balaban J connectivity index is 2.68. The number of hydrogen-bond acceptors (Lipinski definition) is 3. The van der Waals surface area contributed by atoms with Gasteiger partial charge in [0.05, 0.1) is 5.41 Å². The zero-order valence-electron chi connectivity index (χ0n) is 10.4. The molecule has 0 aliphatic carbocycles. The first-order valence-electron chi connectivity index (χ1n) is 5.76. The first-order valence-corrected chi connectivity index (χ1v) is 7.23. The predicted octanol–water partition coefficient (Wildman–Crippen LogP) is 3.42. The SMILES string of the molecule is C=CCc1ccc2ccccc2c1OS(=O)(=O)C=C. The van der Waals surface area contributed by atoms with Crippen LogP contribution < -0.4 is 4.18 Å². The van der Waals surface area contributed by atoms with Gasteiger partial charge in [0.2, 0.25) is 0 Å². The van der Waals surface area contributed by atoms with E-state index in [-0.39, 0.29) is 0 Å². The third kappa shape index (κ3) is 2.85. The smallest absolute Gasteiger partial charge is 0.331 e. The molecule has 2 aromatic carbocycles. The van der Waals surface area contributed by atoms with Crippen LogP contribution in [0.15, 0.2) is 61.0 Å². The molecule has 0 radical (unpaired) electrons. The van der Waals surface area contributed by atoms with Gasteiger partial charge in [-0.3, -0.25) is 0 Å². The summed E-state index contributed by atoms with van der Waals surface area (Å²) in [5, 5.41) is 2.48. The minimum atomic E-state index is -3.78. The Morgan fingerprint density at radius 1 is 1.11 bits per heavy atom. The van der Waals surface area contributed by atoms with Crippen molar-refractivity contribution in [3.63, 3.8) is 0 Å². The second-order valence-corrected chi connectivity index (χ2v) is 5.50. The monoisotopic (exact) mass is 274 g/mol. The molecule has 0 amide bonds. The van der Waals surface area contributed by atoms with Crippen molar-refractivity contribution in [2.75, 3.05) is 0 Å². The van der Waals surface area contributed by atoms with Gasteiger partial charge in [-0.2, -0.15) is 8.42 Å². The van der Waals surface area contributed by atoms with Crippen LogP contribution in [0.25, 0.3) is 10.8 Å². The molecule has 0 fully saturated rings. The van der Waals surface area contributed by atoms with Gasteiger partial charge in [0.1, 0.15) is 0 Å². The van der Waals surface area contributed by atoms with E-state index in [1.165, 1.54) is 0 Å². The lowest BCUT2D eigenvalue weighted by atomic mass is 10.0. The first-order chi connectivity index (χ1) is 9.07. The van der Waals surface area contributed by atoms with Crippen LogP contribution >= 0.6 is 0 Å². The zero-order valence-corrected chi connectivity index (χ0v) is 11.2. The van der Waals surface area contributed by atoms with Crippen molar-refractivity contribution in [1.82, 2.24) is 0 Å². The van der Waals surface area contributed by atoms with Gasteiger partial charge < -0.3 is 4.18 Å². The Labute approximate surface area is 113 Å². The van der Waals surface area contributed by atoms with Crippen molar-refractivity contribution in [2.45, 2.75) is 6.42 Å². The molecule has 0 aliphatic heterocycles. The van der Waals surface area contributed by atoms with E-state index >= 15 is 0 Å². The van der Waals surface area contributed by atoms with Crippen LogP contribution in [0.5, 0.6) is 5.75 Å². The fourth-order valence-corrected chi connectivity index (χ4v) is 2.35. The average molecular weight is 274 g/mol. The van der Waals surface area contributed by atoms with Gasteiger partial charge >= 0.3 is 10.1 Å². The molecule has 0 spiro atoms. The topological polar surface area (TPSA) is 43.4 Å². The average Bonchev–Trinajstić information content (AvgIpc) is 2.41. The van der Waals surface area contributed by atoms with Crippen LogP contribution in [0.4, 0.5) is 0 Å². The van der Waals surface area contributed by atoms with Gasteiger partial charge in [-0.1, -0.05) is 49.1 Å². The van der Waals surface area contributed by atoms with Crippen molar-refractivity contribution in [3.05, 3.63) is 66.6 Å². The molecule has 0 aromatic heterocycles. The van der Waals surface area contributed by atoms with Crippen molar-refractivity contribution >= 4 is 20.9 Å². The zero-order chi connectivity index (χ0) is 13.9. The Kier molecular flexibility index (Phi) is 3.71. The third-order valence-corrected chi connectivity index (χ3v) is 3.54. The van der Waals surface area contributed by atoms with Gasteiger partial charge in [-0.25, -0.2) is 0 Å². The summed E-state index contributed by atoms with van der Waals surface area (Å²) in [7, 11) is -3.78. The Hall–Kier alpha value is -2.07. The highest BCUT2D eigenvalue weighted by atomic mass is 32.2. The number of rotatable bonds is 5. The number of hydrogen-bond donors (Lipinski definition) is 0. The second kappa shape index (κ2) is 5.28. The molecule has 0 bridgehead atoms. The summed E-state index contributed by atoms with van der Waals surface area (Å²) in [5.41, 5.74) is 0.777. The van der Waals surface area contributed by atoms with Crippen LogP contribution in [-0.4, -0.2) is 8.42 Å². The third-order valence-electron chi connectivity index (χ3n) is 2.73. The minimum Gasteiger partial charge on any atom is -0.378 e. The molecular formula is C15H14O3S. The molecule has 0 unspecified atom stereocenters. The molecule has 0 aliphatic rings. The Morgan fingerprint density at radius 3 is 2.53 bits per heavy atom. The fourth-order valence-electron chi connectivity index (χ4n) is 1.85. The van der Waals surface area contributed by atoms with Crippen LogP contribution in [0.2, 0.25) is 0 Å². The van der Waals surface area contributed by atoms with Gasteiger partial charge in [0.15, 0.2) is 5.75 Å². The summed E-state index contributed by atoms with van der Waals surface area (Å²) < 4.78 is 28.4. The molecule has 3 nitrogen and oxygen atoms in total. The number of benzene rings is 2. The van der Waals surface area contributed by atoms with Crippen LogP contribution in [0.3, 0.4) is 0 Å². The van der Waals surface area contributed by atoms with E-state index in [0.717, 1.165) is 21.7 Å². The predicted molar refractivity (Wildman–Crippen MR) is 77.6 cm³/mol. The number of allylic oxidation sites excluding steroid dienone is 1. The Bertz CT molecular complexity index is 730. The molecule has 0 saturated carbocycles. The first kappa shape index (κ1) is 13.4. The van der Waals surface area contributed by atoms with E-state index in [1.807, 2.05) is 36.4 Å². The van der Waals surface area contributed by atoms with E-state index in [9.17, 15) is 8.42 Å². The minimum absolute atomic E-state index is 0.345. The van der Waals surface area contributed by atoms with Gasteiger partial charge in [0.25, 0.3) is 0 Å². The van der Waals surface area contributed by atoms with Crippen molar-refractivity contribution in [1.29, 1.82) is 0 Å². The summed E-state index contributed by atoms with van der Waals surface area (Å²) in [4.78, 5) is 0. The van der Waals surface area contributed by atoms with Crippen LogP contribution in [0, 0.1) is 0 Å². The van der Waals surface area contributed by atoms with Crippen molar-refractivity contribution in [2.24, 2.45) is 0 Å². The van der Waals surface area contributed by atoms with Crippen molar-refractivity contribution < 1.29 is 12.6 Å². The summed E-state index contributed by atoms with van der Waals surface area (Å²) in [6.45, 7) is 6.92. The Morgan fingerprint density at radius 2 is 1.84 bits per heavy atom. The molecule has 98 valence electrons. The molecular weight excluding hydrogens is 260 g/mol. The summed E-state index contributed by atoms with van der Waals surface area (Å²) in [5.74, 6) is 0.345. The maximum Gasteiger partial charge on any atom is 0.331 e. The van der Waals surface area contributed by atoms with Crippen LogP contribution in [0.1, 0.15) is 5.56 Å². The normalized spacial score (nSPS) is 11.2. The lowest BCUT2D eigenvalue weighted by Crippen LogP contribution is -2.07. The van der Waals surface area contributed by atoms with E-state index < -0.39 is 10.1 Å². The van der Waals surface area contributed by atoms with Crippen molar-refractivity contribution in [3.8, 4) is 5.75 Å². The molecule has 0 saturated heterocycles. The van der Waals surface area contributed by atoms with E-state index in [1.54, 1.807) is 6.08 Å². The maximum absolute atomic E-state index is 11.6. The molecule has 0 heterocycles. The lowest BCUT2D eigenvalue weighted by Gasteiger charge is -2.11. The molecule has 0 N–H and O–H groups in total. The summed E-state index contributed by atoms with van der Waals surface area (Å²) in [6.07, 6.45) is 2.24. The molecule has 19 heavy (non-hydrogen) atoms. The fraction of sp³-hybridized carbons (Fsp3) is 0.0667. The molecule has 2 rings (SSSR count). The van der Waals surface area contributed by atoms with Crippen LogP contribution in [-0.2, 0) is 16.5 Å². The van der Waals surface area contributed by atoms with Gasteiger partial charge in [-0.15, -0.1) is 6.58 Å². The quantitative estimate of drug-likeness (QED) is 0.620. The largest absolute Gasteiger partial charge is 0.378 e. The molecule has 0 atom stereocenters. The molecule has 2 aromatic rings. The maximum atomic E-state index is 11.6. The van der Waals surface area contributed by atoms with E-state index in [4.69, 9.17) is 4.18 Å². The highest BCUT2D eigenvalue weighted by molar-refractivity contribution is 7.90. The molecule has 4 heteroatoms. The van der Waals surface area contributed by atoms with Gasteiger partial charge in [-0.05, 0) is 11.8 Å². The lowest BCUT2D eigenvalue weighted by molar-refractivity contribution is 0.497. The van der Waals surface area contributed by atoms with Gasteiger partial charge in [0, 0.05) is 10.9 Å². The standard InChI is InChI=1S/C15H14O3S/c1-3-7-13-11-10-12-8-5-6-9-14(12)15(13)18-19(16,17)4-2/h3-6,8-11H,1-2,7H2.